The highest BCUT2D eigenvalue weighted by Gasteiger charge is 2.16. The molecule has 1 unspecified atom stereocenters. The van der Waals surface area contributed by atoms with Crippen LogP contribution in [-0.2, 0) is 14.8 Å². The fourth-order valence-corrected chi connectivity index (χ4v) is 3.00. The van der Waals surface area contributed by atoms with E-state index >= 15 is 0 Å². The summed E-state index contributed by atoms with van der Waals surface area (Å²) in [5, 5.41) is 9.00. The molecule has 0 saturated carbocycles. The van der Waals surface area contributed by atoms with Gasteiger partial charge in [0.05, 0.1) is 14.9 Å². The van der Waals surface area contributed by atoms with Crippen LogP contribution in [0.5, 0.6) is 0 Å². The number of nitrogens with one attached hydrogen (secondary N) is 1. The maximum Gasteiger partial charge on any atom is 0.303 e. The summed E-state index contributed by atoms with van der Waals surface area (Å²) in [6.45, 7) is 1.94. The van der Waals surface area contributed by atoms with Crippen molar-refractivity contribution in [3.05, 3.63) is 28.2 Å². The molecule has 1 rings (SSSR count). The van der Waals surface area contributed by atoms with Gasteiger partial charge in [-0.05, 0) is 30.5 Å². The van der Waals surface area contributed by atoms with Gasteiger partial charge in [-0.25, -0.2) is 13.1 Å². The molecule has 1 aromatic rings. The van der Waals surface area contributed by atoms with Crippen LogP contribution in [0.1, 0.15) is 19.8 Å². The number of sulfonamides is 1. The van der Waals surface area contributed by atoms with Crippen molar-refractivity contribution < 1.29 is 18.3 Å². The zero-order valence-corrected chi connectivity index (χ0v) is 13.1. The van der Waals surface area contributed by atoms with Crippen molar-refractivity contribution in [2.45, 2.75) is 24.7 Å². The van der Waals surface area contributed by atoms with Crippen molar-refractivity contribution in [3.63, 3.8) is 0 Å². The molecule has 8 heteroatoms. The van der Waals surface area contributed by atoms with Crippen LogP contribution in [0.15, 0.2) is 23.1 Å². The molecule has 0 aliphatic heterocycles. The van der Waals surface area contributed by atoms with Crippen LogP contribution >= 0.6 is 23.2 Å². The lowest BCUT2D eigenvalue weighted by Gasteiger charge is -2.12. The number of hydrogen-bond donors (Lipinski definition) is 2. The van der Waals surface area contributed by atoms with Gasteiger partial charge in [-0.15, -0.1) is 0 Å². The van der Waals surface area contributed by atoms with Crippen molar-refractivity contribution >= 4 is 39.2 Å². The zero-order chi connectivity index (χ0) is 15.3. The molecule has 5 nitrogen and oxygen atoms in total. The molecule has 2 N–H and O–H groups in total. The summed E-state index contributed by atoms with van der Waals surface area (Å²) >= 11 is 11.5. The number of carboxylic acid groups (broad SMARTS) is 1. The Bertz CT molecular complexity index is 589. The molecular weight excluding hydrogens is 325 g/mol. The maximum atomic E-state index is 12.0. The Kier molecular flexibility index (Phi) is 6.26. The molecule has 0 amide bonds. The van der Waals surface area contributed by atoms with Crippen LogP contribution in [0.2, 0.25) is 10.0 Å². The van der Waals surface area contributed by atoms with Crippen molar-refractivity contribution in [2.24, 2.45) is 5.92 Å². The lowest BCUT2D eigenvalue weighted by molar-refractivity contribution is -0.137. The summed E-state index contributed by atoms with van der Waals surface area (Å²) in [6, 6.07) is 4.04. The minimum Gasteiger partial charge on any atom is -0.481 e. The van der Waals surface area contributed by atoms with E-state index in [1.54, 1.807) is 6.92 Å². The first-order valence-electron chi connectivity index (χ1n) is 5.89. The first-order chi connectivity index (χ1) is 9.22. The summed E-state index contributed by atoms with van der Waals surface area (Å²) in [5.74, 6) is -0.979. The predicted molar refractivity (Wildman–Crippen MR) is 77.7 cm³/mol. The summed E-state index contributed by atoms with van der Waals surface area (Å²) in [6.07, 6.45) is 0.412. The number of carboxylic acids is 1. The second kappa shape index (κ2) is 7.26. The predicted octanol–water partition coefficient (Wildman–Crippen LogP) is 2.77. The molecule has 0 aliphatic rings. The molecule has 0 bridgehead atoms. The lowest BCUT2D eigenvalue weighted by Crippen LogP contribution is -2.28. The quantitative estimate of drug-likeness (QED) is 0.799. The molecule has 0 heterocycles. The molecule has 0 fully saturated rings. The second-order valence-electron chi connectivity index (χ2n) is 4.47. The lowest BCUT2D eigenvalue weighted by atomic mass is 10.1. The first-order valence-corrected chi connectivity index (χ1v) is 8.13. The summed E-state index contributed by atoms with van der Waals surface area (Å²) < 4.78 is 26.4. The average molecular weight is 340 g/mol. The van der Waals surface area contributed by atoms with E-state index in [1.807, 2.05) is 0 Å². The van der Waals surface area contributed by atoms with Gasteiger partial charge in [-0.3, -0.25) is 4.79 Å². The number of benzene rings is 1. The number of hydrogen-bond acceptors (Lipinski definition) is 3. The molecule has 0 radical (unpaired) electrons. The van der Waals surface area contributed by atoms with E-state index in [0.29, 0.717) is 6.42 Å². The number of aliphatic carboxylic acids is 1. The molecule has 0 spiro atoms. The van der Waals surface area contributed by atoms with E-state index in [1.165, 1.54) is 18.2 Å². The van der Waals surface area contributed by atoms with Crippen molar-refractivity contribution in [1.82, 2.24) is 4.72 Å². The monoisotopic (exact) mass is 339 g/mol. The highest BCUT2D eigenvalue weighted by atomic mass is 35.5. The van der Waals surface area contributed by atoms with Gasteiger partial charge in [-0.2, -0.15) is 0 Å². The van der Waals surface area contributed by atoms with Crippen LogP contribution in [0.25, 0.3) is 0 Å². The topological polar surface area (TPSA) is 83.5 Å². The molecule has 112 valence electrons. The smallest absolute Gasteiger partial charge is 0.303 e. The van der Waals surface area contributed by atoms with Gasteiger partial charge in [0, 0.05) is 13.0 Å². The third-order valence-corrected chi connectivity index (χ3v) is 4.83. The van der Waals surface area contributed by atoms with Gasteiger partial charge < -0.3 is 5.11 Å². The largest absolute Gasteiger partial charge is 0.481 e. The summed E-state index contributed by atoms with van der Waals surface area (Å²) in [4.78, 5) is 10.5. The van der Waals surface area contributed by atoms with E-state index in [9.17, 15) is 13.2 Å². The van der Waals surface area contributed by atoms with Crippen molar-refractivity contribution in [2.75, 3.05) is 6.54 Å². The van der Waals surface area contributed by atoms with Gasteiger partial charge in [0.15, 0.2) is 0 Å². The van der Waals surface area contributed by atoms with Crippen LogP contribution < -0.4 is 4.72 Å². The van der Waals surface area contributed by atoms with Gasteiger partial charge in [0.2, 0.25) is 10.0 Å². The van der Waals surface area contributed by atoms with Gasteiger partial charge in [-0.1, -0.05) is 30.1 Å². The van der Waals surface area contributed by atoms with E-state index < -0.39 is 16.0 Å². The van der Waals surface area contributed by atoms with Gasteiger partial charge in [0.1, 0.15) is 0 Å². The van der Waals surface area contributed by atoms with Crippen LogP contribution in [0, 0.1) is 5.92 Å². The Hall–Kier alpha value is -0.820. The Morgan fingerprint density at radius 1 is 1.35 bits per heavy atom. The Balaban J connectivity index is 2.65. The molecule has 0 saturated heterocycles. The van der Waals surface area contributed by atoms with E-state index in [-0.39, 0.29) is 33.8 Å². The second-order valence-corrected chi connectivity index (χ2v) is 7.05. The van der Waals surface area contributed by atoms with E-state index in [2.05, 4.69) is 4.72 Å². The molecule has 1 atom stereocenters. The Labute approximate surface area is 127 Å². The average Bonchev–Trinajstić information content (AvgIpc) is 2.37. The normalized spacial score (nSPS) is 13.2. The van der Waals surface area contributed by atoms with E-state index in [4.69, 9.17) is 28.3 Å². The number of rotatable bonds is 7. The third-order valence-electron chi connectivity index (χ3n) is 2.67. The van der Waals surface area contributed by atoms with Gasteiger partial charge in [0.25, 0.3) is 0 Å². The van der Waals surface area contributed by atoms with Gasteiger partial charge >= 0.3 is 5.97 Å². The van der Waals surface area contributed by atoms with Crippen LogP contribution in [0.4, 0.5) is 0 Å². The zero-order valence-electron chi connectivity index (χ0n) is 10.8. The number of carbonyl (C=O) groups is 1. The molecule has 20 heavy (non-hydrogen) atoms. The third kappa shape index (κ3) is 5.28. The Morgan fingerprint density at radius 3 is 2.55 bits per heavy atom. The van der Waals surface area contributed by atoms with Crippen LogP contribution in [0.3, 0.4) is 0 Å². The SMILES string of the molecule is CC(CCC(=O)O)CNS(=O)(=O)c1ccc(Cl)c(Cl)c1. The van der Waals surface area contributed by atoms with Crippen molar-refractivity contribution in [1.29, 1.82) is 0 Å². The molecule has 0 aromatic heterocycles. The minimum atomic E-state index is -3.67. The summed E-state index contributed by atoms with van der Waals surface area (Å²) in [7, 11) is -3.67. The Morgan fingerprint density at radius 2 is 2.00 bits per heavy atom. The fourth-order valence-electron chi connectivity index (χ4n) is 1.45. The highest BCUT2D eigenvalue weighted by molar-refractivity contribution is 7.89. The first kappa shape index (κ1) is 17.2. The molecular formula is C12H15Cl2NO4S. The maximum absolute atomic E-state index is 12.0. The molecule has 1 aromatic carbocycles. The number of halogens is 2. The highest BCUT2D eigenvalue weighted by Crippen LogP contribution is 2.24. The standard InChI is InChI=1S/C12H15Cl2NO4S/c1-8(2-5-12(16)17)7-15-20(18,19)9-3-4-10(13)11(14)6-9/h3-4,6,8,15H,2,5,7H2,1H3,(H,16,17). The minimum absolute atomic E-state index is 0.00959. The molecule has 0 aliphatic carbocycles. The summed E-state index contributed by atoms with van der Waals surface area (Å²) in [5.41, 5.74) is 0. The van der Waals surface area contributed by atoms with Crippen LogP contribution in [-0.4, -0.2) is 26.0 Å². The van der Waals surface area contributed by atoms with E-state index in [0.717, 1.165) is 0 Å². The fraction of sp³-hybridized carbons (Fsp3) is 0.417. The van der Waals surface area contributed by atoms with Crippen molar-refractivity contribution in [3.8, 4) is 0 Å².